The molecule has 18 heavy (non-hydrogen) atoms. The summed E-state index contributed by atoms with van der Waals surface area (Å²) in [7, 11) is -3.70. The number of halogens is 2. The van der Waals surface area contributed by atoms with E-state index < -0.39 is 15.3 Å². The van der Waals surface area contributed by atoms with Crippen molar-refractivity contribution in [1.29, 1.82) is 0 Å². The molecule has 1 atom stereocenters. The first-order chi connectivity index (χ1) is 8.29. The fourth-order valence-corrected chi connectivity index (χ4v) is 2.95. The van der Waals surface area contributed by atoms with Crippen LogP contribution in [-0.2, 0) is 14.8 Å². The molecule has 1 aromatic carbocycles. The highest BCUT2D eigenvalue weighted by Gasteiger charge is 2.37. The van der Waals surface area contributed by atoms with Gasteiger partial charge in [0.05, 0.1) is 5.02 Å². The number of nitrogens with zero attached hydrogens (tertiary/aromatic N) is 1. The molecule has 1 heterocycles. The van der Waals surface area contributed by atoms with Gasteiger partial charge in [0.1, 0.15) is 5.25 Å². The van der Waals surface area contributed by atoms with Crippen LogP contribution in [0.4, 0.5) is 5.69 Å². The second-order valence-corrected chi connectivity index (χ2v) is 7.12. The maximum Gasteiger partial charge on any atom is 0.228 e. The van der Waals surface area contributed by atoms with Gasteiger partial charge in [0.25, 0.3) is 0 Å². The molecule has 98 valence electrons. The van der Waals surface area contributed by atoms with Crippen molar-refractivity contribution in [2.45, 2.75) is 11.7 Å². The lowest BCUT2D eigenvalue weighted by Gasteiger charge is -2.16. The van der Waals surface area contributed by atoms with Gasteiger partial charge in [-0.25, -0.2) is 13.6 Å². The van der Waals surface area contributed by atoms with Gasteiger partial charge in [0.15, 0.2) is 0 Å². The highest BCUT2D eigenvalue weighted by atomic mass is 79.9. The van der Waals surface area contributed by atoms with Gasteiger partial charge in [-0.05, 0) is 34.1 Å². The maximum absolute atomic E-state index is 11.8. The number of rotatable bonds is 2. The third-order valence-electron chi connectivity index (χ3n) is 2.77. The van der Waals surface area contributed by atoms with Crippen LogP contribution in [0.5, 0.6) is 0 Å². The predicted molar refractivity (Wildman–Crippen MR) is 73.0 cm³/mol. The Labute approximate surface area is 118 Å². The highest BCUT2D eigenvalue weighted by molar-refractivity contribution is 9.10. The zero-order chi connectivity index (χ0) is 13.5. The van der Waals surface area contributed by atoms with E-state index in [1.165, 1.54) is 4.90 Å². The summed E-state index contributed by atoms with van der Waals surface area (Å²) in [5.74, 6) is -0.271. The molecule has 0 aromatic heterocycles. The molecule has 0 bridgehead atoms. The van der Waals surface area contributed by atoms with Gasteiger partial charge < -0.3 is 4.90 Å². The zero-order valence-corrected chi connectivity index (χ0v) is 12.3. The maximum atomic E-state index is 11.8. The van der Waals surface area contributed by atoms with Crippen LogP contribution in [0, 0.1) is 0 Å². The van der Waals surface area contributed by atoms with Crippen molar-refractivity contribution < 1.29 is 13.2 Å². The van der Waals surface area contributed by atoms with E-state index in [1.807, 2.05) is 0 Å². The van der Waals surface area contributed by atoms with Crippen LogP contribution in [0.2, 0.25) is 5.02 Å². The molecule has 1 fully saturated rings. The van der Waals surface area contributed by atoms with E-state index >= 15 is 0 Å². The molecule has 2 N–H and O–H groups in total. The molecule has 1 aliphatic heterocycles. The van der Waals surface area contributed by atoms with E-state index in [-0.39, 0.29) is 18.9 Å². The van der Waals surface area contributed by atoms with Crippen LogP contribution in [0.25, 0.3) is 0 Å². The first-order valence-electron chi connectivity index (χ1n) is 5.06. The lowest BCUT2D eigenvalue weighted by Crippen LogP contribution is -2.32. The van der Waals surface area contributed by atoms with Crippen LogP contribution < -0.4 is 10.0 Å². The molecule has 1 aliphatic rings. The summed E-state index contributed by atoms with van der Waals surface area (Å²) < 4.78 is 23.2. The summed E-state index contributed by atoms with van der Waals surface area (Å²) in [5, 5.41) is 4.66. The molecule has 0 saturated carbocycles. The van der Waals surface area contributed by atoms with Crippen LogP contribution in [0.1, 0.15) is 6.42 Å². The molecule has 0 spiro atoms. The van der Waals surface area contributed by atoms with Crippen LogP contribution >= 0.6 is 27.5 Å². The molecule has 8 heteroatoms. The number of nitrogens with two attached hydrogens (primary N) is 1. The number of benzene rings is 1. The van der Waals surface area contributed by atoms with E-state index in [0.717, 1.165) is 0 Å². The number of hydrogen-bond acceptors (Lipinski definition) is 3. The minimum atomic E-state index is -3.70. The number of primary sulfonamides is 1. The number of sulfonamides is 1. The number of anilines is 1. The molecular weight excluding hydrogens is 344 g/mol. The second-order valence-electron chi connectivity index (χ2n) is 4.02. The summed E-state index contributed by atoms with van der Waals surface area (Å²) >= 11 is 9.18. The molecule has 1 saturated heterocycles. The number of amides is 1. The van der Waals surface area contributed by atoms with Gasteiger partial charge in [-0.2, -0.15) is 0 Å². The topological polar surface area (TPSA) is 80.5 Å². The van der Waals surface area contributed by atoms with E-state index in [1.54, 1.807) is 18.2 Å². The first kappa shape index (κ1) is 13.8. The first-order valence-corrected chi connectivity index (χ1v) is 7.84. The fourth-order valence-electron chi connectivity index (χ4n) is 1.80. The van der Waals surface area contributed by atoms with Crippen molar-refractivity contribution in [3.8, 4) is 0 Å². The van der Waals surface area contributed by atoms with Crippen LogP contribution in [-0.4, -0.2) is 26.1 Å². The largest absolute Gasteiger partial charge is 0.311 e. The average molecular weight is 354 g/mol. The zero-order valence-electron chi connectivity index (χ0n) is 9.14. The Morgan fingerprint density at radius 3 is 2.61 bits per heavy atom. The van der Waals surface area contributed by atoms with Crippen molar-refractivity contribution in [2.24, 2.45) is 5.14 Å². The van der Waals surface area contributed by atoms with E-state index in [4.69, 9.17) is 16.7 Å². The number of carbonyl (C=O) groups excluding carboxylic acids is 1. The van der Waals surface area contributed by atoms with Gasteiger partial charge >= 0.3 is 0 Å². The second kappa shape index (κ2) is 4.80. The predicted octanol–water partition coefficient (Wildman–Crippen LogP) is 1.50. The third kappa shape index (κ3) is 2.69. The van der Waals surface area contributed by atoms with Crippen LogP contribution in [0.15, 0.2) is 22.7 Å². The fraction of sp³-hybridized carbons (Fsp3) is 0.300. The molecule has 0 radical (unpaired) electrons. The van der Waals surface area contributed by atoms with E-state index in [2.05, 4.69) is 15.9 Å². The van der Waals surface area contributed by atoms with E-state index in [0.29, 0.717) is 15.2 Å². The van der Waals surface area contributed by atoms with Crippen molar-refractivity contribution in [1.82, 2.24) is 0 Å². The Balaban J connectivity index is 2.30. The molecule has 5 nitrogen and oxygen atoms in total. The van der Waals surface area contributed by atoms with Gasteiger partial charge in [0, 0.05) is 23.1 Å². The minimum Gasteiger partial charge on any atom is -0.311 e. The quantitative estimate of drug-likeness (QED) is 0.875. The molecular formula is C10H10BrClN2O3S. The smallest absolute Gasteiger partial charge is 0.228 e. The van der Waals surface area contributed by atoms with Gasteiger partial charge in [0.2, 0.25) is 15.9 Å². The normalized spacial score (nSPS) is 20.5. The number of hydrogen-bond donors (Lipinski definition) is 1. The molecule has 2 rings (SSSR count). The monoisotopic (exact) mass is 352 g/mol. The lowest BCUT2D eigenvalue weighted by molar-refractivity contribution is -0.117. The van der Waals surface area contributed by atoms with Gasteiger partial charge in [-0.15, -0.1) is 0 Å². The standard InChI is InChI=1S/C10H10BrClN2O3S/c11-8-2-1-6(3-9(8)12)14-5-7(4-10(14)15)18(13,16)17/h1-3,7H,4-5H2,(H2,13,16,17). The van der Waals surface area contributed by atoms with Gasteiger partial charge in [-0.1, -0.05) is 11.6 Å². The molecule has 1 amide bonds. The Morgan fingerprint density at radius 1 is 1.44 bits per heavy atom. The molecule has 1 unspecified atom stereocenters. The van der Waals surface area contributed by atoms with Crippen molar-refractivity contribution in [3.63, 3.8) is 0 Å². The summed E-state index contributed by atoms with van der Waals surface area (Å²) in [4.78, 5) is 13.2. The third-order valence-corrected chi connectivity index (χ3v) is 5.25. The van der Waals surface area contributed by atoms with Crippen molar-refractivity contribution >= 4 is 49.1 Å². The van der Waals surface area contributed by atoms with Crippen LogP contribution in [0.3, 0.4) is 0 Å². The lowest BCUT2D eigenvalue weighted by atomic mass is 10.3. The summed E-state index contributed by atoms with van der Waals surface area (Å²) in [6.07, 6.45) is -0.0908. The van der Waals surface area contributed by atoms with Gasteiger partial charge in [-0.3, -0.25) is 4.79 Å². The average Bonchev–Trinajstić information content (AvgIpc) is 2.64. The Bertz CT molecular complexity index is 605. The van der Waals surface area contributed by atoms with Crippen molar-refractivity contribution in [3.05, 3.63) is 27.7 Å². The van der Waals surface area contributed by atoms with Crippen molar-refractivity contribution in [2.75, 3.05) is 11.4 Å². The highest BCUT2D eigenvalue weighted by Crippen LogP contribution is 2.30. The summed E-state index contributed by atoms with van der Waals surface area (Å²) in [6.45, 7) is 0.0651. The Hall–Kier alpha value is -0.630. The summed E-state index contributed by atoms with van der Waals surface area (Å²) in [5.41, 5.74) is 0.569. The SMILES string of the molecule is NS(=O)(=O)C1CC(=O)N(c2ccc(Br)c(Cl)c2)C1. The van der Waals surface area contributed by atoms with E-state index in [9.17, 15) is 13.2 Å². The number of carbonyl (C=O) groups is 1. The molecule has 0 aliphatic carbocycles. The molecule has 1 aromatic rings. The Kier molecular flexibility index (Phi) is 3.68. The Morgan fingerprint density at radius 2 is 2.11 bits per heavy atom. The minimum absolute atomic E-state index is 0.0651. The summed E-state index contributed by atoms with van der Waals surface area (Å²) in [6, 6.07) is 5.00.